The minimum absolute atomic E-state index is 0.0296. The van der Waals surface area contributed by atoms with Crippen molar-refractivity contribution >= 4 is 21.2 Å². The molecule has 0 radical (unpaired) electrons. The maximum atomic E-state index is 10.3. The molecular formula is C10H11N3O3S. The van der Waals surface area contributed by atoms with Crippen molar-refractivity contribution in [1.82, 2.24) is 9.82 Å². The zero-order valence-corrected chi connectivity index (χ0v) is 9.72. The Kier molecular flexibility index (Phi) is 3.32. The molecule has 2 rings (SSSR count). The molecule has 0 aliphatic rings. The van der Waals surface area contributed by atoms with Gasteiger partial charge in [0.05, 0.1) is 6.54 Å². The first kappa shape index (κ1) is 11.9. The molecule has 0 aliphatic carbocycles. The average molecular weight is 253 g/mol. The number of fused-ring (bicyclic) bond motifs is 1. The Morgan fingerprint density at radius 1 is 1.29 bits per heavy atom. The van der Waals surface area contributed by atoms with E-state index in [1.807, 2.05) is 35.1 Å². The molecule has 6 nitrogen and oxygen atoms in total. The molecule has 2 aromatic rings. The summed E-state index contributed by atoms with van der Waals surface area (Å²) in [6.45, 7) is 0.341. The van der Waals surface area contributed by atoms with Crippen LogP contribution in [0.2, 0.25) is 0 Å². The van der Waals surface area contributed by atoms with Crippen molar-refractivity contribution < 1.29 is 17.7 Å². The standard InChI is InChI=1S/C10H11N3O3S/c14-17(15,16)11-6-8-13-7-5-9-3-1-2-4-10(9)12-13/h1-5,7,11H,6,8H2. The van der Waals surface area contributed by atoms with Crippen molar-refractivity contribution in [3.05, 3.63) is 36.5 Å². The van der Waals surface area contributed by atoms with Crippen LogP contribution in [0.5, 0.6) is 0 Å². The maximum absolute atomic E-state index is 10.3. The van der Waals surface area contributed by atoms with Crippen molar-refractivity contribution in [1.29, 1.82) is 0 Å². The van der Waals surface area contributed by atoms with Crippen LogP contribution in [0, 0.1) is 0 Å². The zero-order chi connectivity index (χ0) is 12.3. The Balaban J connectivity index is 2.09. The first-order valence-corrected chi connectivity index (χ1v) is 6.41. The Hall–Kier alpha value is -1.57. The highest BCUT2D eigenvalue weighted by atomic mass is 32.2. The fourth-order valence-electron chi connectivity index (χ4n) is 1.47. The van der Waals surface area contributed by atoms with Crippen LogP contribution in [0.25, 0.3) is 10.9 Å². The summed E-state index contributed by atoms with van der Waals surface area (Å²) in [5, 5.41) is 5.28. The molecule has 17 heavy (non-hydrogen) atoms. The van der Waals surface area contributed by atoms with Gasteiger partial charge in [0.2, 0.25) is 0 Å². The van der Waals surface area contributed by atoms with Crippen molar-refractivity contribution in [3.8, 4) is 0 Å². The summed E-state index contributed by atoms with van der Waals surface area (Å²) < 4.78 is 34.5. The minimum Gasteiger partial charge on any atom is -0.735 e. The first-order chi connectivity index (χ1) is 8.04. The lowest BCUT2D eigenvalue weighted by atomic mass is 10.2. The van der Waals surface area contributed by atoms with E-state index < -0.39 is 10.3 Å². The molecule has 1 aromatic carbocycles. The number of aromatic nitrogens is 2. The fraction of sp³-hybridized carbons (Fsp3) is 0.200. The van der Waals surface area contributed by atoms with Gasteiger partial charge in [-0.3, -0.25) is 0 Å². The molecule has 1 aromatic heterocycles. The topological polar surface area (TPSA) is 86.0 Å². The second kappa shape index (κ2) is 4.74. The molecule has 0 atom stereocenters. The number of benzene rings is 1. The van der Waals surface area contributed by atoms with Gasteiger partial charge in [-0.25, -0.2) is 13.1 Å². The smallest absolute Gasteiger partial charge is 0.197 e. The molecule has 0 saturated carbocycles. The van der Waals surface area contributed by atoms with Crippen LogP contribution in [-0.2, 0) is 16.8 Å². The summed E-state index contributed by atoms with van der Waals surface area (Å²) in [5.74, 6) is 0. The Morgan fingerprint density at radius 2 is 2.06 bits per heavy atom. The zero-order valence-electron chi connectivity index (χ0n) is 8.91. The molecule has 0 bridgehead atoms. The minimum atomic E-state index is -4.38. The Bertz CT molecular complexity index is 627. The van der Waals surface area contributed by atoms with Crippen molar-refractivity contribution in [2.24, 2.45) is 0 Å². The molecular weight excluding hydrogens is 242 g/mol. The van der Waals surface area contributed by atoms with E-state index in [-0.39, 0.29) is 6.54 Å². The van der Waals surface area contributed by atoms with E-state index in [0.717, 1.165) is 10.9 Å². The maximum Gasteiger partial charge on any atom is 0.197 e. The SMILES string of the molecule is O=S(=O)([O-])NCC[n+]1ccc2ccccc2n1. The van der Waals surface area contributed by atoms with Gasteiger partial charge in [0, 0.05) is 16.6 Å². The first-order valence-electron chi connectivity index (χ1n) is 5.01. The van der Waals surface area contributed by atoms with Crippen LogP contribution in [0.15, 0.2) is 36.5 Å². The van der Waals surface area contributed by atoms with Crippen LogP contribution in [0.4, 0.5) is 0 Å². The second-order valence-electron chi connectivity index (χ2n) is 3.49. The summed E-state index contributed by atoms with van der Waals surface area (Å²) in [6.07, 6.45) is 1.74. The van der Waals surface area contributed by atoms with Crippen LogP contribution in [-0.4, -0.2) is 24.6 Å². The summed E-state index contributed by atoms with van der Waals surface area (Å²) >= 11 is 0. The lowest BCUT2D eigenvalue weighted by molar-refractivity contribution is -0.749. The summed E-state index contributed by atoms with van der Waals surface area (Å²) in [5.41, 5.74) is 0.819. The monoisotopic (exact) mass is 253 g/mol. The van der Waals surface area contributed by atoms with Crippen LogP contribution >= 0.6 is 0 Å². The summed E-state index contributed by atoms with van der Waals surface area (Å²) in [7, 11) is -4.38. The van der Waals surface area contributed by atoms with Crippen molar-refractivity contribution in [2.45, 2.75) is 6.54 Å². The number of hydrogen-bond acceptors (Lipinski definition) is 4. The largest absolute Gasteiger partial charge is 0.735 e. The average Bonchev–Trinajstić information content (AvgIpc) is 2.27. The summed E-state index contributed by atoms with van der Waals surface area (Å²) in [4.78, 5) is 0. The molecule has 1 heterocycles. The van der Waals surface area contributed by atoms with Gasteiger partial charge in [-0.05, 0) is 6.07 Å². The van der Waals surface area contributed by atoms with Gasteiger partial charge in [0.25, 0.3) is 0 Å². The Morgan fingerprint density at radius 3 is 2.82 bits per heavy atom. The highest BCUT2D eigenvalue weighted by molar-refractivity contribution is 7.83. The predicted molar refractivity (Wildman–Crippen MR) is 59.6 cm³/mol. The molecule has 0 amide bonds. The molecule has 1 N–H and O–H groups in total. The van der Waals surface area contributed by atoms with Gasteiger partial charge < -0.3 is 4.55 Å². The van der Waals surface area contributed by atoms with Crippen molar-refractivity contribution in [3.63, 3.8) is 0 Å². The van der Waals surface area contributed by atoms with Gasteiger partial charge >= 0.3 is 0 Å². The number of nitrogens with one attached hydrogen (secondary N) is 1. The predicted octanol–water partition coefficient (Wildman–Crippen LogP) is -0.428. The molecule has 0 fully saturated rings. The lowest BCUT2D eigenvalue weighted by Crippen LogP contribution is -2.43. The third-order valence-corrected chi connectivity index (χ3v) is 2.78. The Labute approximate surface area is 98.8 Å². The lowest BCUT2D eigenvalue weighted by Gasteiger charge is -2.05. The number of hydrogen-bond donors (Lipinski definition) is 1. The van der Waals surface area contributed by atoms with Gasteiger partial charge in [-0.1, -0.05) is 22.9 Å². The van der Waals surface area contributed by atoms with E-state index in [2.05, 4.69) is 5.10 Å². The van der Waals surface area contributed by atoms with E-state index in [9.17, 15) is 13.0 Å². The molecule has 0 unspecified atom stereocenters. The van der Waals surface area contributed by atoms with E-state index in [1.165, 1.54) is 0 Å². The highest BCUT2D eigenvalue weighted by Gasteiger charge is 2.05. The van der Waals surface area contributed by atoms with Crippen LogP contribution in [0.3, 0.4) is 0 Å². The molecule has 0 saturated heterocycles. The van der Waals surface area contributed by atoms with E-state index in [1.54, 1.807) is 10.9 Å². The van der Waals surface area contributed by atoms with E-state index >= 15 is 0 Å². The number of rotatable bonds is 4. The quantitative estimate of drug-likeness (QED) is 0.592. The third kappa shape index (κ3) is 3.45. The normalized spacial score (nSPS) is 11.8. The molecule has 0 aliphatic heterocycles. The van der Waals surface area contributed by atoms with Crippen molar-refractivity contribution in [2.75, 3.05) is 6.54 Å². The van der Waals surface area contributed by atoms with E-state index in [4.69, 9.17) is 0 Å². The van der Waals surface area contributed by atoms with Gasteiger partial charge in [0.1, 0.15) is 5.52 Å². The van der Waals surface area contributed by atoms with Gasteiger partial charge in [-0.15, -0.1) is 0 Å². The fourth-order valence-corrected chi connectivity index (χ4v) is 1.81. The van der Waals surface area contributed by atoms with Crippen LogP contribution in [0.1, 0.15) is 0 Å². The second-order valence-corrected chi connectivity index (χ2v) is 4.68. The molecule has 90 valence electrons. The molecule has 7 heteroatoms. The number of nitrogens with zero attached hydrogens (tertiary/aromatic N) is 2. The van der Waals surface area contributed by atoms with E-state index in [0.29, 0.717) is 6.54 Å². The third-order valence-electron chi connectivity index (χ3n) is 2.22. The molecule has 0 spiro atoms. The van der Waals surface area contributed by atoms with Gasteiger partial charge in [-0.2, -0.15) is 0 Å². The van der Waals surface area contributed by atoms with Gasteiger partial charge in [0.15, 0.2) is 23.0 Å². The highest BCUT2D eigenvalue weighted by Crippen LogP contribution is 2.06. The summed E-state index contributed by atoms with van der Waals surface area (Å²) in [6, 6.07) is 9.48. The van der Waals surface area contributed by atoms with Crippen LogP contribution < -0.4 is 9.40 Å².